The molecule has 0 unspecified atom stereocenters. The van der Waals surface area contributed by atoms with Crippen molar-refractivity contribution in [3.63, 3.8) is 0 Å². The van der Waals surface area contributed by atoms with Crippen LogP contribution in [0.15, 0.2) is 41.2 Å². The molecule has 0 N–H and O–H groups in total. The third-order valence-electron chi connectivity index (χ3n) is 2.48. The number of nitrogens with zero attached hydrogens (tertiary/aromatic N) is 2. The van der Waals surface area contributed by atoms with E-state index in [-0.39, 0.29) is 5.91 Å². The van der Waals surface area contributed by atoms with Crippen molar-refractivity contribution in [2.45, 2.75) is 13.8 Å². The molecule has 0 saturated carbocycles. The predicted molar refractivity (Wildman–Crippen MR) is 71.8 cm³/mol. The van der Waals surface area contributed by atoms with E-state index in [0.717, 1.165) is 0 Å². The standard InChI is InChI=1S/C13H13ClN2O2/c1-3-18-8-12-9(2)15-16(13(12)17)11-6-4-5-10(14)7-11/h4-8H,3H2,1-2H3. The van der Waals surface area contributed by atoms with Crippen LogP contribution in [0.1, 0.15) is 13.8 Å². The first kappa shape index (κ1) is 12.6. The molecule has 0 atom stereocenters. The van der Waals surface area contributed by atoms with Gasteiger partial charge in [0, 0.05) is 5.02 Å². The van der Waals surface area contributed by atoms with Crippen LogP contribution in [-0.4, -0.2) is 18.2 Å². The van der Waals surface area contributed by atoms with Gasteiger partial charge in [0.25, 0.3) is 5.91 Å². The van der Waals surface area contributed by atoms with E-state index in [1.807, 2.05) is 6.92 Å². The number of ether oxygens (including phenoxy) is 1. The molecule has 0 radical (unpaired) electrons. The van der Waals surface area contributed by atoms with Crippen LogP contribution < -0.4 is 5.01 Å². The smallest absolute Gasteiger partial charge is 0.283 e. The Kier molecular flexibility index (Phi) is 3.67. The number of benzene rings is 1. The van der Waals surface area contributed by atoms with Gasteiger partial charge in [0.05, 0.1) is 29.8 Å². The molecule has 4 nitrogen and oxygen atoms in total. The Balaban J connectivity index is 2.31. The van der Waals surface area contributed by atoms with Gasteiger partial charge in [0.15, 0.2) is 0 Å². The number of anilines is 1. The molecule has 1 aromatic rings. The summed E-state index contributed by atoms with van der Waals surface area (Å²) in [6.07, 6.45) is 1.45. The Morgan fingerprint density at radius 3 is 2.94 bits per heavy atom. The summed E-state index contributed by atoms with van der Waals surface area (Å²) >= 11 is 5.90. The van der Waals surface area contributed by atoms with Gasteiger partial charge in [-0.1, -0.05) is 17.7 Å². The number of hydrogen-bond donors (Lipinski definition) is 0. The maximum Gasteiger partial charge on any atom is 0.283 e. The Morgan fingerprint density at radius 1 is 1.50 bits per heavy atom. The van der Waals surface area contributed by atoms with Crippen LogP contribution in [-0.2, 0) is 9.53 Å². The molecule has 2 rings (SSSR count). The lowest BCUT2D eigenvalue weighted by Gasteiger charge is -2.11. The van der Waals surface area contributed by atoms with Crippen molar-refractivity contribution in [1.29, 1.82) is 0 Å². The molecule has 5 heteroatoms. The molecule has 0 fully saturated rings. The number of halogens is 1. The second-order valence-corrected chi connectivity index (χ2v) is 4.21. The largest absolute Gasteiger partial charge is 0.501 e. The molecule has 0 saturated heterocycles. The van der Waals surface area contributed by atoms with Crippen LogP contribution in [0, 0.1) is 0 Å². The van der Waals surface area contributed by atoms with Gasteiger partial charge in [-0.25, -0.2) is 0 Å². The number of amides is 1. The first-order valence-corrected chi connectivity index (χ1v) is 5.98. The topological polar surface area (TPSA) is 41.9 Å². The minimum Gasteiger partial charge on any atom is -0.501 e. The fraction of sp³-hybridized carbons (Fsp3) is 0.231. The lowest BCUT2D eigenvalue weighted by molar-refractivity contribution is -0.114. The molecule has 94 valence electrons. The summed E-state index contributed by atoms with van der Waals surface area (Å²) in [5, 5.41) is 6.10. The van der Waals surface area contributed by atoms with Gasteiger partial charge in [-0.15, -0.1) is 0 Å². The molecule has 18 heavy (non-hydrogen) atoms. The van der Waals surface area contributed by atoms with Crippen molar-refractivity contribution in [2.75, 3.05) is 11.6 Å². The fourth-order valence-electron chi connectivity index (χ4n) is 1.60. The van der Waals surface area contributed by atoms with Gasteiger partial charge < -0.3 is 4.74 Å². The first-order valence-electron chi connectivity index (χ1n) is 5.61. The quantitative estimate of drug-likeness (QED) is 0.622. The molecule has 0 aliphatic carbocycles. The van der Waals surface area contributed by atoms with Gasteiger partial charge in [0.2, 0.25) is 0 Å². The highest BCUT2D eigenvalue weighted by molar-refractivity contribution is 6.32. The third-order valence-corrected chi connectivity index (χ3v) is 2.72. The maximum atomic E-state index is 12.2. The molecular formula is C13H13ClN2O2. The summed E-state index contributed by atoms with van der Waals surface area (Å²) in [7, 11) is 0. The Labute approximate surface area is 110 Å². The summed E-state index contributed by atoms with van der Waals surface area (Å²) in [6, 6.07) is 7.00. The van der Waals surface area contributed by atoms with Gasteiger partial charge in [0.1, 0.15) is 0 Å². The monoisotopic (exact) mass is 264 g/mol. The Morgan fingerprint density at radius 2 is 2.28 bits per heavy atom. The fourth-order valence-corrected chi connectivity index (χ4v) is 1.79. The van der Waals surface area contributed by atoms with E-state index in [4.69, 9.17) is 16.3 Å². The van der Waals surface area contributed by atoms with Gasteiger partial charge >= 0.3 is 0 Å². The highest BCUT2D eigenvalue weighted by Crippen LogP contribution is 2.25. The van der Waals surface area contributed by atoms with Crippen LogP contribution in [0.25, 0.3) is 0 Å². The van der Waals surface area contributed by atoms with E-state index in [1.165, 1.54) is 11.3 Å². The molecule has 0 bridgehead atoms. The number of carbonyl (C=O) groups is 1. The molecule has 1 aliphatic heterocycles. The Hall–Kier alpha value is -1.81. The number of carbonyl (C=O) groups excluding carboxylic acids is 1. The van der Waals surface area contributed by atoms with Crippen molar-refractivity contribution in [3.8, 4) is 0 Å². The van der Waals surface area contributed by atoms with Crippen molar-refractivity contribution < 1.29 is 9.53 Å². The zero-order chi connectivity index (χ0) is 13.1. The second kappa shape index (κ2) is 5.23. The van der Waals surface area contributed by atoms with Gasteiger partial charge in [-0.2, -0.15) is 10.1 Å². The summed E-state index contributed by atoms with van der Waals surface area (Å²) in [5.41, 5.74) is 1.75. The lowest BCUT2D eigenvalue weighted by atomic mass is 10.2. The lowest BCUT2D eigenvalue weighted by Crippen LogP contribution is -2.21. The van der Waals surface area contributed by atoms with Crippen LogP contribution in [0.3, 0.4) is 0 Å². The number of rotatable bonds is 3. The van der Waals surface area contributed by atoms with E-state index in [1.54, 1.807) is 31.2 Å². The van der Waals surface area contributed by atoms with Crippen molar-refractivity contribution in [2.24, 2.45) is 5.10 Å². The van der Waals surface area contributed by atoms with Gasteiger partial charge in [-0.05, 0) is 32.0 Å². The van der Waals surface area contributed by atoms with Crippen LogP contribution in [0.2, 0.25) is 5.02 Å². The van der Waals surface area contributed by atoms with E-state index in [9.17, 15) is 4.79 Å². The molecule has 1 heterocycles. The molecule has 1 amide bonds. The summed E-state index contributed by atoms with van der Waals surface area (Å²) < 4.78 is 5.15. The average Bonchev–Trinajstić information content (AvgIpc) is 2.63. The maximum absolute atomic E-state index is 12.2. The zero-order valence-electron chi connectivity index (χ0n) is 10.2. The van der Waals surface area contributed by atoms with Crippen molar-refractivity contribution in [3.05, 3.63) is 41.1 Å². The summed E-state index contributed by atoms with van der Waals surface area (Å²) in [6.45, 7) is 4.15. The highest BCUT2D eigenvalue weighted by Gasteiger charge is 2.29. The second-order valence-electron chi connectivity index (χ2n) is 3.77. The van der Waals surface area contributed by atoms with Crippen LogP contribution >= 0.6 is 11.6 Å². The highest BCUT2D eigenvalue weighted by atomic mass is 35.5. The van der Waals surface area contributed by atoms with Crippen LogP contribution in [0.5, 0.6) is 0 Å². The molecule has 1 aromatic carbocycles. The van der Waals surface area contributed by atoms with Crippen LogP contribution in [0.4, 0.5) is 5.69 Å². The minimum atomic E-state index is -0.205. The molecular weight excluding hydrogens is 252 g/mol. The molecule has 0 aromatic heterocycles. The Bertz CT molecular complexity index is 538. The van der Waals surface area contributed by atoms with Crippen molar-refractivity contribution >= 4 is 28.9 Å². The first-order chi connectivity index (χ1) is 8.63. The van der Waals surface area contributed by atoms with E-state index < -0.39 is 0 Å². The molecule has 1 aliphatic rings. The minimum absolute atomic E-state index is 0.205. The van der Waals surface area contributed by atoms with Crippen molar-refractivity contribution in [1.82, 2.24) is 0 Å². The summed E-state index contributed by atoms with van der Waals surface area (Å²) in [5.74, 6) is -0.205. The summed E-state index contributed by atoms with van der Waals surface area (Å²) in [4.78, 5) is 12.2. The zero-order valence-corrected chi connectivity index (χ0v) is 10.9. The molecule has 0 spiro atoms. The van der Waals surface area contributed by atoms with E-state index >= 15 is 0 Å². The third kappa shape index (κ3) is 2.38. The number of hydrazone groups is 1. The predicted octanol–water partition coefficient (Wildman–Crippen LogP) is 2.98. The number of hydrogen-bond acceptors (Lipinski definition) is 3. The normalized spacial score (nSPS) is 17.3. The van der Waals surface area contributed by atoms with E-state index in [2.05, 4.69) is 5.10 Å². The SMILES string of the molecule is CCOC=C1C(=O)N(c2cccc(Cl)c2)N=C1C. The van der Waals surface area contributed by atoms with E-state index in [0.29, 0.717) is 28.6 Å². The average molecular weight is 265 g/mol. The van der Waals surface area contributed by atoms with Gasteiger partial charge in [-0.3, -0.25) is 4.79 Å².